The Morgan fingerprint density at radius 1 is 0.438 bits per heavy atom. The molecule has 0 radical (unpaired) electrons. The number of carbonyl (C=O) groups is 3. The summed E-state index contributed by atoms with van der Waals surface area (Å²) in [4.78, 5) is 46.2. The fourth-order valence-electron chi connectivity index (χ4n) is 14.4. The molecule has 270 valence electrons. The van der Waals surface area contributed by atoms with Gasteiger partial charge in [-0.15, -0.1) is 0 Å². The monoisotopic (exact) mass is 678 g/mol. The van der Waals surface area contributed by atoms with Gasteiger partial charge in [0.2, 0.25) is 0 Å². The molecule has 6 N–H and O–H groups in total. The van der Waals surface area contributed by atoms with Gasteiger partial charge >= 0.3 is 17.9 Å². The van der Waals surface area contributed by atoms with Crippen molar-refractivity contribution in [1.82, 2.24) is 0 Å². The number of hydrogen-bond acceptors (Lipinski definition) is 9. The van der Waals surface area contributed by atoms with Crippen molar-refractivity contribution in [3.05, 3.63) is 0 Å². The van der Waals surface area contributed by atoms with Crippen molar-refractivity contribution >= 4 is 17.9 Å². The zero-order chi connectivity index (χ0) is 33.9. The quantitative estimate of drug-likeness (QED) is 0.131. The van der Waals surface area contributed by atoms with Crippen molar-refractivity contribution in [1.29, 1.82) is 0 Å². The molecule has 0 aromatic carbocycles. The van der Waals surface area contributed by atoms with Crippen LogP contribution in [-0.2, 0) is 29.0 Å². The van der Waals surface area contributed by atoms with E-state index in [1.165, 1.54) is 6.42 Å². The van der Waals surface area contributed by atoms with Gasteiger partial charge in [0.1, 0.15) is 0 Å². The van der Waals surface area contributed by atoms with Crippen LogP contribution in [0.25, 0.3) is 0 Å². The number of fused-ring (bicyclic) bond motifs is 15. The van der Waals surface area contributed by atoms with E-state index in [0.717, 1.165) is 70.6 Å². The van der Waals surface area contributed by atoms with Gasteiger partial charge in [-0.05, 0) is 166 Å². The molecule has 9 saturated carbocycles. The molecule has 18 unspecified atom stereocenters. The standard InChI is InChI=1S/3C12H18O4/c13-12(14)7-3-9-6-1-8(5-16-15)10(2-6)11(9)4-7;13-12(14)9-2-1-8-10-4-6(11(8)9)3-7(10)5-16-15;13-12(14)9-2-1-8-6-3-7(5-16-15)10(4-6)11(8)9/h3*6-11,15H,1-5H2,(H,13,14). The maximum absolute atomic E-state index is 11.2. The highest BCUT2D eigenvalue weighted by Crippen LogP contribution is 2.64. The summed E-state index contributed by atoms with van der Waals surface area (Å²) in [6.07, 6.45) is 12.4. The van der Waals surface area contributed by atoms with Crippen molar-refractivity contribution in [2.24, 2.45) is 107 Å². The molecule has 9 fully saturated rings. The van der Waals surface area contributed by atoms with Crippen LogP contribution in [0.2, 0.25) is 0 Å². The Balaban J connectivity index is 0.000000114. The van der Waals surface area contributed by atoms with Gasteiger partial charge in [-0.25, -0.2) is 14.7 Å². The van der Waals surface area contributed by atoms with E-state index >= 15 is 0 Å². The van der Waals surface area contributed by atoms with Crippen LogP contribution in [0, 0.1) is 107 Å². The normalized spacial score (nSPS) is 49.6. The minimum Gasteiger partial charge on any atom is -0.481 e. The van der Waals surface area contributed by atoms with E-state index in [1.54, 1.807) is 0 Å². The van der Waals surface area contributed by atoms with E-state index in [-0.39, 0.29) is 17.8 Å². The molecule has 9 aliphatic rings. The van der Waals surface area contributed by atoms with Crippen molar-refractivity contribution in [2.75, 3.05) is 19.8 Å². The predicted octanol–water partition coefficient (Wildman–Crippen LogP) is 5.58. The highest BCUT2D eigenvalue weighted by atomic mass is 17.1. The van der Waals surface area contributed by atoms with E-state index < -0.39 is 17.9 Å². The topological polar surface area (TPSA) is 200 Å². The lowest BCUT2D eigenvalue weighted by molar-refractivity contribution is -0.255. The van der Waals surface area contributed by atoms with Crippen molar-refractivity contribution in [3.63, 3.8) is 0 Å². The third-order valence-corrected chi connectivity index (χ3v) is 15.8. The maximum atomic E-state index is 11.2. The fraction of sp³-hybridized carbons (Fsp3) is 0.917. The van der Waals surface area contributed by atoms with Crippen LogP contribution in [0.15, 0.2) is 0 Å². The molecule has 12 nitrogen and oxygen atoms in total. The Labute approximate surface area is 281 Å². The van der Waals surface area contributed by atoms with Crippen LogP contribution < -0.4 is 0 Å². The number of carboxylic acids is 3. The minimum atomic E-state index is -0.622. The third kappa shape index (κ3) is 6.00. The first-order valence-electron chi connectivity index (χ1n) is 18.6. The van der Waals surface area contributed by atoms with Gasteiger partial charge in [-0.1, -0.05) is 0 Å². The van der Waals surface area contributed by atoms with Crippen molar-refractivity contribution in [2.45, 2.75) is 77.0 Å². The Hall–Kier alpha value is -1.83. The number of aliphatic carboxylic acids is 3. The molecule has 0 aliphatic heterocycles. The molecule has 0 spiro atoms. The lowest BCUT2D eigenvalue weighted by atomic mass is 9.73. The molecule has 0 amide bonds. The minimum absolute atomic E-state index is 0.101. The largest absolute Gasteiger partial charge is 0.481 e. The summed E-state index contributed by atoms with van der Waals surface area (Å²) < 4.78 is 0. The second-order valence-electron chi connectivity index (χ2n) is 17.2. The van der Waals surface area contributed by atoms with Gasteiger partial charge in [0, 0.05) is 0 Å². The van der Waals surface area contributed by atoms with Crippen LogP contribution in [0.5, 0.6) is 0 Å². The molecule has 9 aliphatic carbocycles. The van der Waals surface area contributed by atoms with E-state index in [0.29, 0.717) is 109 Å². The number of carboxylic acid groups (broad SMARTS) is 3. The van der Waals surface area contributed by atoms with E-state index in [2.05, 4.69) is 14.7 Å². The molecule has 12 heteroatoms. The van der Waals surface area contributed by atoms with Gasteiger partial charge in [-0.2, -0.15) is 0 Å². The van der Waals surface area contributed by atoms with Crippen LogP contribution in [-0.4, -0.2) is 68.8 Å². The van der Waals surface area contributed by atoms with Gasteiger partial charge in [0.15, 0.2) is 0 Å². The molecular formula is C36H54O12. The average molecular weight is 679 g/mol. The summed E-state index contributed by atoms with van der Waals surface area (Å²) in [5.41, 5.74) is 0. The Morgan fingerprint density at radius 3 is 1.48 bits per heavy atom. The fourth-order valence-corrected chi connectivity index (χ4v) is 14.4. The van der Waals surface area contributed by atoms with Crippen molar-refractivity contribution in [3.8, 4) is 0 Å². The summed E-state index contributed by atoms with van der Waals surface area (Å²) in [5.74, 6) is 5.97. The van der Waals surface area contributed by atoms with Gasteiger partial charge in [-0.3, -0.25) is 30.2 Å². The molecule has 9 rings (SSSR count). The summed E-state index contributed by atoms with van der Waals surface area (Å²) in [7, 11) is 0. The average Bonchev–Trinajstić information content (AvgIpc) is 3.87. The second-order valence-corrected chi connectivity index (χ2v) is 17.2. The second kappa shape index (κ2) is 14.1. The lowest BCUT2D eigenvalue weighted by Gasteiger charge is -2.32. The molecule has 0 aromatic rings. The first-order chi connectivity index (χ1) is 23.1. The van der Waals surface area contributed by atoms with E-state index in [4.69, 9.17) is 20.9 Å². The highest BCUT2D eigenvalue weighted by molar-refractivity contribution is 5.71. The van der Waals surface area contributed by atoms with E-state index in [9.17, 15) is 24.6 Å². The predicted molar refractivity (Wildman–Crippen MR) is 167 cm³/mol. The van der Waals surface area contributed by atoms with Crippen LogP contribution >= 0.6 is 0 Å². The summed E-state index contributed by atoms with van der Waals surface area (Å²) in [6, 6.07) is 0. The molecule has 48 heavy (non-hydrogen) atoms. The Kier molecular flexibility index (Phi) is 10.1. The zero-order valence-corrected chi connectivity index (χ0v) is 27.6. The Bertz CT molecular complexity index is 1190. The molecular weight excluding hydrogens is 624 g/mol. The summed E-state index contributed by atoms with van der Waals surface area (Å²) in [6.45, 7) is 1.25. The summed E-state index contributed by atoms with van der Waals surface area (Å²) in [5, 5.41) is 53.1. The van der Waals surface area contributed by atoms with Crippen LogP contribution in [0.3, 0.4) is 0 Å². The first kappa shape index (κ1) is 34.6. The number of hydrogen-bond donors (Lipinski definition) is 6. The van der Waals surface area contributed by atoms with Crippen LogP contribution in [0.4, 0.5) is 0 Å². The summed E-state index contributed by atoms with van der Waals surface area (Å²) >= 11 is 0. The zero-order valence-electron chi connectivity index (χ0n) is 27.6. The molecule has 0 saturated heterocycles. The number of rotatable bonds is 9. The van der Waals surface area contributed by atoms with E-state index in [1.807, 2.05) is 0 Å². The van der Waals surface area contributed by atoms with Crippen LogP contribution in [0.1, 0.15) is 77.0 Å². The van der Waals surface area contributed by atoms with Gasteiger partial charge in [0.05, 0.1) is 37.6 Å². The molecule has 18 atom stereocenters. The lowest BCUT2D eigenvalue weighted by Crippen LogP contribution is -2.33. The SMILES string of the molecule is O=C(O)C1CC2C3CC(COO)C(C3)C2C1.O=C(O)C1CCC2C3CC(CC3COO)C12.O=C(O)C1CCC2C3CC(COO)C(C3)C12. The molecule has 6 bridgehead atoms. The highest BCUT2D eigenvalue weighted by Gasteiger charge is 2.60. The first-order valence-corrected chi connectivity index (χ1v) is 18.6. The van der Waals surface area contributed by atoms with Gasteiger partial charge in [0.25, 0.3) is 0 Å². The van der Waals surface area contributed by atoms with Gasteiger partial charge < -0.3 is 15.3 Å². The third-order valence-electron chi connectivity index (χ3n) is 15.8. The maximum Gasteiger partial charge on any atom is 0.306 e. The smallest absolute Gasteiger partial charge is 0.306 e. The molecule has 0 heterocycles. The molecule has 0 aromatic heterocycles. The van der Waals surface area contributed by atoms with Crippen molar-refractivity contribution < 1.29 is 60.1 Å². The Morgan fingerprint density at radius 2 is 0.896 bits per heavy atom.